The van der Waals surface area contributed by atoms with Crippen LogP contribution in [0.15, 0.2) is 29.2 Å². The zero-order valence-electron chi connectivity index (χ0n) is 12.5. The van der Waals surface area contributed by atoms with Crippen LogP contribution in [0, 0.1) is 0 Å². The number of halogens is 1. The Morgan fingerprint density at radius 2 is 2.23 bits per heavy atom. The number of morpholine rings is 1. The number of fused-ring (bicyclic) bond motifs is 1. The lowest BCUT2D eigenvalue weighted by Crippen LogP contribution is -2.50. The standard InChI is InChI=1S/C16H21ClN2O2S/c17-12-3-5-15(6-4-12)22-11-16(20)18-8-14-9-19-7-1-2-13(19)10-21-14/h3-6,13-14H,1-2,7-11H2,(H,18,20). The van der Waals surface area contributed by atoms with Crippen molar-refractivity contribution >= 4 is 29.3 Å². The molecule has 120 valence electrons. The van der Waals surface area contributed by atoms with Crippen LogP contribution in [-0.4, -0.2) is 54.9 Å². The highest BCUT2D eigenvalue weighted by Crippen LogP contribution is 2.22. The molecule has 1 aromatic rings. The summed E-state index contributed by atoms with van der Waals surface area (Å²) in [4.78, 5) is 15.5. The first-order valence-electron chi connectivity index (χ1n) is 7.71. The van der Waals surface area contributed by atoms with Gasteiger partial charge in [-0.25, -0.2) is 0 Å². The average molecular weight is 341 g/mol. The van der Waals surface area contributed by atoms with Gasteiger partial charge < -0.3 is 10.1 Å². The topological polar surface area (TPSA) is 41.6 Å². The van der Waals surface area contributed by atoms with Gasteiger partial charge in [0.05, 0.1) is 18.5 Å². The second-order valence-electron chi connectivity index (χ2n) is 5.79. The lowest BCUT2D eigenvalue weighted by Gasteiger charge is -2.35. The van der Waals surface area contributed by atoms with E-state index in [1.165, 1.54) is 31.1 Å². The van der Waals surface area contributed by atoms with E-state index < -0.39 is 0 Å². The number of ether oxygens (including phenoxy) is 1. The second-order valence-corrected chi connectivity index (χ2v) is 7.28. The molecule has 0 spiro atoms. The smallest absolute Gasteiger partial charge is 0.230 e. The Labute approximate surface area is 140 Å². The molecule has 3 rings (SSSR count). The zero-order chi connectivity index (χ0) is 15.4. The number of thioether (sulfide) groups is 1. The van der Waals surface area contributed by atoms with Gasteiger partial charge in [-0.05, 0) is 43.7 Å². The van der Waals surface area contributed by atoms with Crippen LogP contribution in [0.1, 0.15) is 12.8 Å². The molecule has 0 saturated carbocycles. The summed E-state index contributed by atoms with van der Waals surface area (Å²) in [6, 6.07) is 8.14. The Morgan fingerprint density at radius 3 is 3.05 bits per heavy atom. The van der Waals surface area contributed by atoms with Crippen LogP contribution in [0.5, 0.6) is 0 Å². The lowest BCUT2D eigenvalue weighted by atomic mass is 10.2. The molecule has 0 aliphatic carbocycles. The quantitative estimate of drug-likeness (QED) is 0.836. The third kappa shape index (κ3) is 4.38. The van der Waals surface area contributed by atoms with Gasteiger partial charge in [0.25, 0.3) is 0 Å². The van der Waals surface area contributed by atoms with E-state index in [0.717, 1.165) is 18.0 Å². The number of hydrogen-bond donors (Lipinski definition) is 1. The first kappa shape index (κ1) is 16.1. The number of carbonyl (C=O) groups is 1. The van der Waals surface area contributed by atoms with Crippen molar-refractivity contribution < 1.29 is 9.53 Å². The van der Waals surface area contributed by atoms with Gasteiger partial charge in [0.15, 0.2) is 0 Å². The molecule has 2 fully saturated rings. The number of nitrogens with one attached hydrogen (secondary N) is 1. The molecule has 2 aliphatic heterocycles. The summed E-state index contributed by atoms with van der Waals surface area (Å²) in [6.07, 6.45) is 2.64. The molecule has 2 unspecified atom stereocenters. The largest absolute Gasteiger partial charge is 0.373 e. The summed E-state index contributed by atoms with van der Waals surface area (Å²) in [6.45, 7) is 3.52. The maximum absolute atomic E-state index is 11.9. The summed E-state index contributed by atoms with van der Waals surface area (Å²) < 4.78 is 5.84. The summed E-state index contributed by atoms with van der Waals surface area (Å²) in [7, 11) is 0. The van der Waals surface area contributed by atoms with E-state index in [0.29, 0.717) is 23.4 Å². The predicted molar refractivity (Wildman–Crippen MR) is 89.5 cm³/mol. The number of carbonyl (C=O) groups excluding carboxylic acids is 1. The van der Waals surface area contributed by atoms with Crippen molar-refractivity contribution in [2.24, 2.45) is 0 Å². The first-order valence-corrected chi connectivity index (χ1v) is 9.08. The molecule has 2 atom stereocenters. The van der Waals surface area contributed by atoms with Crippen LogP contribution < -0.4 is 5.32 Å². The van der Waals surface area contributed by atoms with Crippen LogP contribution in [0.25, 0.3) is 0 Å². The van der Waals surface area contributed by atoms with Gasteiger partial charge in [0.2, 0.25) is 5.91 Å². The summed E-state index contributed by atoms with van der Waals surface area (Å²) >= 11 is 7.36. The Bertz CT molecular complexity index is 511. The highest BCUT2D eigenvalue weighted by atomic mass is 35.5. The predicted octanol–water partition coefficient (Wildman–Crippen LogP) is 2.41. The van der Waals surface area contributed by atoms with Gasteiger partial charge >= 0.3 is 0 Å². The Balaban J connectivity index is 1.36. The van der Waals surface area contributed by atoms with Crippen LogP contribution in [0.3, 0.4) is 0 Å². The highest BCUT2D eigenvalue weighted by Gasteiger charge is 2.32. The summed E-state index contributed by atoms with van der Waals surface area (Å²) in [5, 5.41) is 3.69. The van der Waals surface area contributed by atoms with Gasteiger partial charge in [0, 0.05) is 29.0 Å². The Morgan fingerprint density at radius 1 is 1.41 bits per heavy atom. The molecule has 1 amide bonds. The van der Waals surface area contributed by atoms with E-state index in [1.807, 2.05) is 24.3 Å². The van der Waals surface area contributed by atoms with Crippen LogP contribution >= 0.6 is 23.4 Å². The van der Waals surface area contributed by atoms with Gasteiger partial charge in [-0.3, -0.25) is 9.69 Å². The molecule has 0 bridgehead atoms. The van der Waals surface area contributed by atoms with Gasteiger partial charge in [-0.1, -0.05) is 11.6 Å². The lowest BCUT2D eigenvalue weighted by molar-refractivity contribution is -0.120. The van der Waals surface area contributed by atoms with E-state index >= 15 is 0 Å². The van der Waals surface area contributed by atoms with Crippen molar-refractivity contribution in [3.8, 4) is 0 Å². The molecule has 2 aliphatic rings. The van der Waals surface area contributed by atoms with Crippen LogP contribution in [0.4, 0.5) is 0 Å². The number of rotatable bonds is 5. The summed E-state index contributed by atoms with van der Waals surface area (Å²) in [5.41, 5.74) is 0. The van der Waals surface area contributed by atoms with Crippen LogP contribution in [0.2, 0.25) is 5.02 Å². The van der Waals surface area contributed by atoms with Crippen molar-refractivity contribution in [2.75, 3.05) is 32.0 Å². The molecule has 1 N–H and O–H groups in total. The van der Waals surface area contributed by atoms with Gasteiger partial charge in [0.1, 0.15) is 0 Å². The molecule has 0 aromatic heterocycles. The Hall–Kier alpha value is -0.750. The van der Waals surface area contributed by atoms with Crippen molar-refractivity contribution in [3.63, 3.8) is 0 Å². The van der Waals surface area contributed by atoms with Crippen molar-refractivity contribution in [1.29, 1.82) is 0 Å². The fraction of sp³-hybridized carbons (Fsp3) is 0.562. The minimum Gasteiger partial charge on any atom is -0.373 e. The average Bonchev–Trinajstić information content (AvgIpc) is 3.00. The normalized spacial score (nSPS) is 25.0. The fourth-order valence-corrected chi connectivity index (χ4v) is 3.82. The molecule has 1 aromatic carbocycles. The molecular formula is C16H21ClN2O2S. The van der Waals surface area contributed by atoms with Crippen molar-refractivity contribution in [2.45, 2.75) is 29.9 Å². The summed E-state index contributed by atoms with van der Waals surface area (Å²) in [5.74, 6) is 0.466. The van der Waals surface area contributed by atoms with E-state index in [1.54, 1.807) is 0 Å². The molecular weight excluding hydrogens is 320 g/mol. The highest BCUT2D eigenvalue weighted by molar-refractivity contribution is 8.00. The first-order chi connectivity index (χ1) is 10.7. The molecule has 22 heavy (non-hydrogen) atoms. The maximum Gasteiger partial charge on any atom is 0.230 e. The third-order valence-corrected chi connectivity index (χ3v) is 5.44. The van der Waals surface area contributed by atoms with Gasteiger partial charge in [-0.15, -0.1) is 11.8 Å². The van der Waals surface area contributed by atoms with E-state index in [9.17, 15) is 4.79 Å². The van der Waals surface area contributed by atoms with Crippen LogP contribution in [-0.2, 0) is 9.53 Å². The number of nitrogens with zero attached hydrogens (tertiary/aromatic N) is 1. The number of hydrogen-bond acceptors (Lipinski definition) is 4. The van der Waals surface area contributed by atoms with Crippen molar-refractivity contribution in [1.82, 2.24) is 10.2 Å². The zero-order valence-corrected chi connectivity index (χ0v) is 14.0. The Kier molecular flexibility index (Phi) is 5.63. The second kappa shape index (κ2) is 7.68. The van der Waals surface area contributed by atoms with E-state index in [2.05, 4.69) is 10.2 Å². The molecule has 0 radical (unpaired) electrons. The van der Waals surface area contributed by atoms with Crippen molar-refractivity contribution in [3.05, 3.63) is 29.3 Å². The minimum absolute atomic E-state index is 0.0482. The fourth-order valence-electron chi connectivity index (χ4n) is 2.97. The molecule has 4 nitrogen and oxygen atoms in total. The molecule has 2 saturated heterocycles. The van der Waals surface area contributed by atoms with E-state index in [-0.39, 0.29) is 12.0 Å². The minimum atomic E-state index is 0.0482. The molecule has 6 heteroatoms. The van der Waals surface area contributed by atoms with E-state index in [4.69, 9.17) is 16.3 Å². The molecule has 2 heterocycles. The van der Waals surface area contributed by atoms with Gasteiger partial charge in [-0.2, -0.15) is 0 Å². The number of amides is 1. The number of benzene rings is 1. The monoisotopic (exact) mass is 340 g/mol. The SMILES string of the molecule is O=C(CSc1ccc(Cl)cc1)NCC1CN2CCCC2CO1. The third-order valence-electron chi connectivity index (χ3n) is 4.17. The maximum atomic E-state index is 11.9.